The molecule has 1 fully saturated rings. The second kappa shape index (κ2) is 6.66. The molecule has 0 aromatic carbocycles. The Morgan fingerprint density at radius 3 is 2.53 bits per heavy atom. The van der Waals surface area contributed by atoms with Gasteiger partial charge in [-0.2, -0.15) is 0 Å². The van der Waals surface area contributed by atoms with Crippen molar-refractivity contribution in [3.05, 3.63) is 0 Å². The SMILES string of the molecule is CC(C)CC(O[SiH2]C1CCCO1)C(C)C. The van der Waals surface area contributed by atoms with Gasteiger partial charge in [0, 0.05) is 12.7 Å². The number of hydrogen-bond donors (Lipinski definition) is 0. The van der Waals surface area contributed by atoms with Gasteiger partial charge in [0.05, 0.1) is 5.73 Å². The molecular formula is C12H26O2Si. The molecule has 1 aliphatic rings. The summed E-state index contributed by atoms with van der Waals surface area (Å²) in [6, 6.07) is 0. The predicted molar refractivity (Wildman–Crippen MR) is 66.7 cm³/mol. The van der Waals surface area contributed by atoms with Crippen molar-refractivity contribution in [1.82, 2.24) is 0 Å². The molecule has 90 valence electrons. The Hall–Kier alpha value is 0.137. The molecule has 2 atom stereocenters. The topological polar surface area (TPSA) is 18.5 Å². The zero-order valence-corrected chi connectivity index (χ0v) is 12.1. The van der Waals surface area contributed by atoms with Crippen LogP contribution in [-0.2, 0) is 9.16 Å². The molecule has 3 heteroatoms. The van der Waals surface area contributed by atoms with Gasteiger partial charge in [-0.15, -0.1) is 0 Å². The minimum Gasteiger partial charge on any atom is -0.418 e. The van der Waals surface area contributed by atoms with Crippen LogP contribution in [0, 0.1) is 11.8 Å². The van der Waals surface area contributed by atoms with Gasteiger partial charge in [0.25, 0.3) is 0 Å². The van der Waals surface area contributed by atoms with E-state index in [1.54, 1.807) is 0 Å². The Kier molecular flexibility index (Phi) is 5.86. The molecule has 0 amide bonds. The lowest BCUT2D eigenvalue weighted by molar-refractivity contribution is 0.101. The van der Waals surface area contributed by atoms with Crippen LogP contribution in [0.3, 0.4) is 0 Å². The molecular weight excluding hydrogens is 204 g/mol. The Morgan fingerprint density at radius 2 is 2.07 bits per heavy atom. The zero-order chi connectivity index (χ0) is 11.3. The van der Waals surface area contributed by atoms with Crippen molar-refractivity contribution in [2.75, 3.05) is 6.61 Å². The number of hydrogen-bond acceptors (Lipinski definition) is 2. The Bertz CT molecular complexity index is 165. The van der Waals surface area contributed by atoms with E-state index >= 15 is 0 Å². The van der Waals surface area contributed by atoms with Crippen LogP contribution in [0.15, 0.2) is 0 Å². The maximum absolute atomic E-state index is 6.11. The Labute approximate surface area is 96.7 Å². The summed E-state index contributed by atoms with van der Waals surface area (Å²) in [6.07, 6.45) is 4.12. The zero-order valence-electron chi connectivity index (χ0n) is 10.7. The first kappa shape index (κ1) is 13.2. The summed E-state index contributed by atoms with van der Waals surface area (Å²) in [6.45, 7) is 10.0. The van der Waals surface area contributed by atoms with Crippen molar-refractivity contribution < 1.29 is 9.16 Å². The molecule has 0 aliphatic carbocycles. The van der Waals surface area contributed by atoms with Gasteiger partial charge in [0.1, 0.15) is 0 Å². The molecule has 1 aliphatic heterocycles. The van der Waals surface area contributed by atoms with Crippen LogP contribution in [0.2, 0.25) is 0 Å². The fourth-order valence-corrected chi connectivity index (χ4v) is 3.71. The van der Waals surface area contributed by atoms with E-state index in [1.165, 1.54) is 19.3 Å². The molecule has 0 saturated carbocycles. The third-order valence-electron chi connectivity index (χ3n) is 2.97. The molecule has 2 unspecified atom stereocenters. The van der Waals surface area contributed by atoms with Crippen LogP contribution in [-0.4, -0.2) is 28.2 Å². The maximum atomic E-state index is 6.11. The normalized spacial score (nSPS) is 24.8. The van der Waals surface area contributed by atoms with E-state index in [1.807, 2.05) is 0 Å². The van der Waals surface area contributed by atoms with E-state index < -0.39 is 9.76 Å². The van der Waals surface area contributed by atoms with Crippen LogP contribution in [0.25, 0.3) is 0 Å². The lowest BCUT2D eigenvalue weighted by Gasteiger charge is -2.25. The smallest absolute Gasteiger partial charge is 0.190 e. The van der Waals surface area contributed by atoms with Gasteiger partial charge in [-0.3, -0.25) is 0 Å². The summed E-state index contributed by atoms with van der Waals surface area (Å²) in [5, 5.41) is 0. The van der Waals surface area contributed by atoms with Gasteiger partial charge in [0.2, 0.25) is 0 Å². The van der Waals surface area contributed by atoms with Crippen LogP contribution in [0.1, 0.15) is 47.0 Å². The fraction of sp³-hybridized carbons (Fsp3) is 1.00. The monoisotopic (exact) mass is 230 g/mol. The van der Waals surface area contributed by atoms with E-state index in [2.05, 4.69) is 27.7 Å². The van der Waals surface area contributed by atoms with Gasteiger partial charge >= 0.3 is 0 Å². The van der Waals surface area contributed by atoms with E-state index in [0.717, 1.165) is 12.5 Å². The molecule has 0 aromatic rings. The quantitative estimate of drug-likeness (QED) is 0.652. The Morgan fingerprint density at radius 1 is 1.33 bits per heavy atom. The highest BCUT2D eigenvalue weighted by Gasteiger charge is 2.21. The highest BCUT2D eigenvalue weighted by Crippen LogP contribution is 2.18. The van der Waals surface area contributed by atoms with Crippen molar-refractivity contribution in [3.63, 3.8) is 0 Å². The highest BCUT2D eigenvalue weighted by atomic mass is 28.2. The van der Waals surface area contributed by atoms with Crippen molar-refractivity contribution in [3.8, 4) is 0 Å². The summed E-state index contributed by atoms with van der Waals surface area (Å²) in [7, 11) is -0.468. The summed E-state index contributed by atoms with van der Waals surface area (Å²) < 4.78 is 11.7. The third kappa shape index (κ3) is 5.14. The van der Waals surface area contributed by atoms with E-state index in [0.29, 0.717) is 17.7 Å². The molecule has 0 radical (unpaired) electrons. The van der Waals surface area contributed by atoms with Gasteiger partial charge in [0.15, 0.2) is 9.76 Å². The molecule has 1 saturated heterocycles. The van der Waals surface area contributed by atoms with E-state index in [-0.39, 0.29) is 0 Å². The average Bonchev–Trinajstić information content (AvgIpc) is 2.63. The lowest BCUT2D eigenvalue weighted by atomic mass is 9.98. The van der Waals surface area contributed by atoms with Crippen molar-refractivity contribution in [1.29, 1.82) is 0 Å². The van der Waals surface area contributed by atoms with Crippen molar-refractivity contribution in [2.45, 2.75) is 58.8 Å². The molecule has 0 aromatic heterocycles. The molecule has 1 rings (SSSR count). The van der Waals surface area contributed by atoms with Gasteiger partial charge in [-0.1, -0.05) is 27.7 Å². The lowest BCUT2D eigenvalue weighted by Crippen LogP contribution is -2.29. The molecule has 15 heavy (non-hydrogen) atoms. The molecule has 0 bridgehead atoms. The number of rotatable bonds is 6. The summed E-state index contributed by atoms with van der Waals surface area (Å²) in [5.74, 6) is 1.37. The van der Waals surface area contributed by atoms with Crippen LogP contribution >= 0.6 is 0 Å². The standard InChI is InChI=1S/C12H26O2Si/c1-9(2)8-11(10(3)4)14-15-12-6-5-7-13-12/h9-12H,5-8,15H2,1-4H3. The minimum atomic E-state index is -0.468. The molecule has 1 heterocycles. The second-order valence-electron chi connectivity index (χ2n) is 5.38. The van der Waals surface area contributed by atoms with E-state index in [4.69, 9.17) is 9.16 Å². The summed E-state index contributed by atoms with van der Waals surface area (Å²) >= 11 is 0. The van der Waals surface area contributed by atoms with Crippen LogP contribution in [0.4, 0.5) is 0 Å². The number of ether oxygens (including phenoxy) is 1. The average molecular weight is 230 g/mol. The first-order valence-electron chi connectivity index (χ1n) is 6.32. The second-order valence-corrected chi connectivity index (χ2v) is 6.96. The Balaban J connectivity index is 2.24. The highest BCUT2D eigenvalue weighted by molar-refractivity contribution is 6.29. The summed E-state index contributed by atoms with van der Waals surface area (Å²) in [4.78, 5) is 0. The third-order valence-corrected chi connectivity index (χ3v) is 4.60. The van der Waals surface area contributed by atoms with Crippen LogP contribution in [0.5, 0.6) is 0 Å². The van der Waals surface area contributed by atoms with Crippen LogP contribution < -0.4 is 0 Å². The largest absolute Gasteiger partial charge is 0.418 e. The molecule has 0 N–H and O–H groups in total. The first-order valence-corrected chi connectivity index (χ1v) is 7.72. The van der Waals surface area contributed by atoms with Gasteiger partial charge in [-0.25, -0.2) is 0 Å². The summed E-state index contributed by atoms with van der Waals surface area (Å²) in [5.41, 5.74) is 0.499. The van der Waals surface area contributed by atoms with E-state index in [9.17, 15) is 0 Å². The predicted octanol–water partition coefficient (Wildman–Crippen LogP) is 2.29. The molecule has 0 spiro atoms. The van der Waals surface area contributed by atoms with Gasteiger partial charge < -0.3 is 9.16 Å². The van der Waals surface area contributed by atoms with Gasteiger partial charge in [-0.05, 0) is 31.1 Å². The molecule has 2 nitrogen and oxygen atoms in total. The first-order chi connectivity index (χ1) is 7.09. The maximum Gasteiger partial charge on any atom is 0.190 e. The van der Waals surface area contributed by atoms with Crippen molar-refractivity contribution in [2.24, 2.45) is 11.8 Å². The minimum absolute atomic E-state index is 0.459. The fourth-order valence-electron chi connectivity index (χ4n) is 2.00. The van der Waals surface area contributed by atoms with Crippen molar-refractivity contribution >= 4 is 9.76 Å².